The molecule has 0 amide bonds. The van der Waals surface area contributed by atoms with Crippen molar-refractivity contribution < 1.29 is 5.11 Å². The summed E-state index contributed by atoms with van der Waals surface area (Å²) in [6, 6.07) is 3.40. The van der Waals surface area contributed by atoms with Gasteiger partial charge in [0, 0.05) is 5.56 Å². The van der Waals surface area contributed by atoms with Crippen molar-refractivity contribution in [1.82, 2.24) is 25.6 Å². The van der Waals surface area contributed by atoms with Gasteiger partial charge in [0.15, 0.2) is 0 Å². The quantitative estimate of drug-likeness (QED) is 0.811. The number of nitrogens with one attached hydrogen (secondary N) is 1. The Bertz CT molecular complexity index is 502. The van der Waals surface area contributed by atoms with Crippen LogP contribution in [-0.2, 0) is 0 Å². The van der Waals surface area contributed by atoms with E-state index in [2.05, 4.69) is 32.5 Å². The molecule has 0 bridgehead atoms. The maximum Gasteiger partial charge on any atom is 0.223 e. The Kier molecular flexibility index (Phi) is 4.22. The molecule has 18 heavy (non-hydrogen) atoms. The van der Waals surface area contributed by atoms with Crippen molar-refractivity contribution in [1.29, 1.82) is 0 Å². The Balaban J connectivity index is 2.35. The first-order chi connectivity index (χ1) is 8.72. The first-order valence-corrected chi connectivity index (χ1v) is 6.18. The molecule has 0 aliphatic heterocycles. The summed E-state index contributed by atoms with van der Waals surface area (Å²) in [7, 11) is 0. The molecule has 1 atom stereocenters. The van der Waals surface area contributed by atoms with Crippen LogP contribution in [0.15, 0.2) is 12.1 Å². The topological polar surface area (TPSA) is 87.6 Å². The lowest BCUT2D eigenvalue weighted by Gasteiger charge is -2.12. The zero-order chi connectivity index (χ0) is 13.0. The van der Waals surface area contributed by atoms with Crippen molar-refractivity contribution in [3.8, 4) is 11.5 Å². The Morgan fingerprint density at radius 2 is 2.28 bits per heavy atom. The number of H-pyrrole nitrogens is 1. The number of aliphatic hydroxyl groups is 1. The van der Waals surface area contributed by atoms with E-state index >= 15 is 0 Å². The molecule has 2 rings (SSSR count). The third-order valence-corrected chi connectivity index (χ3v) is 2.85. The Morgan fingerprint density at radius 1 is 1.44 bits per heavy atom. The highest BCUT2D eigenvalue weighted by Crippen LogP contribution is 2.28. The fraction of sp³-hybridized carbons (Fsp3) is 0.455. The van der Waals surface area contributed by atoms with Gasteiger partial charge in [0.05, 0.1) is 6.10 Å². The number of tetrazole rings is 1. The van der Waals surface area contributed by atoms with Gasteiger partial charge in [-0.1, -0.05) is 37.4 Å². The van der Waals surface area contributed by atoms with Gasteiger partial charge in [-0.2, -0.15) is 5.21 Å². The van der Waals surface area contributed by atoms with E-state index in [9.17, 15) is 5.11 Å². The fourth-order valence-corrected chi connectivity index (χ4v) is 1.86. The Morgan fingerprint density at radius 3 is 2.94 bits per heavy atom. The summed E-state index contributed by atoms with van der Waals surface area (Å²) < 4.78 is 0. The standard InChI is InChI=1S/C11H14ClN5O/c1-2-3-4-8(18)7-5-6-9(12)13-10(7)11-14-16-17-15-11/h5-6,8,18H,2-4H2,1H3,(H,14,15,16,17). The fourth-order valence-electron chi connectivity index (χ4n) is 1.71. The first kappa shape index (κ1) is 12.9. The van der Waals surface area contributed by atoms with Crippen molar-refractivity contribution in [2.75, 3.05) is 0 Å². The van der Waals surface area contributed by atoms with Crippen LogP contribution in [0.25, 0.3) is 11.5 Å². The molecular weight excluding hydrogens is 254 g/mol. The maximum absolute atomic E-state index is 10.2. The molecule has 2 heterocycles. The number of rotatable bonds is 5. The van der Waals surface area contributed by atoms with Crippen LogP contribution in [0.5, 0.6) is 0 Å². The summed E-state index contributed by atoms with van der Waals surface area (Å²) >= 11 is 5.86. The number of aromatic nitrogens is 5. The monoisotopic (exact) mass is 267 g/mol. The van der Waals surface area contributed by atoms with E-state index in [1.807, 2.05) is 0 Å². The summed E-state index contributed by atoms with van der Waals surface area (Å²) in [5, 5.41) is 24.1. The molecule has 0 saturated carbocycles. The van der Waals surface area contributed by atoms with Gasteiger partial charge in [-0.05, 0) is 17.7 Å². The Labute approximate surface area is 109 Å². The molecule has 6 nitrogen and oxygen atoms in total. The van der Waals surface area contributed by atoms with Crippen LogP contribution in [0.3, 0.4) is 0 Å². The van der Waals surface area contributed by atoms with Crippen LogP contribution in [0.2, 0.25) is 5.15 Å². The minimum absolute atomic E-state index is 0.334. The maximum atomic E-state index is 10.2. The highest BCUT2D eigenvalue weighted by molar-refractivity contribution is 6.29. The van der Waals surface area contributed by atoms with E-state index in [0.717, 1.165) is 12.8 Å². The SMILES string of the molecule is CCCCC(O)c1ccc(Cl)nc1-c1nn[nH]n1. The second kappa shape index (κ2) is 5.88. The summed E-state index contributed by atoms with van der Waals surface area (Å²) in [6.07, 6.45) is 2.04. The lowest BCUT2D eigenvalue weighted by atomic mass is 10.0. The number of pyridine rings is 1. The highest BCUT2D eigenvalue weighted by Gasteiger charge is 2.18. The summed E-state index contributed by atoms with van der Waals surface area (Å²) in [5.74, 6) is 0.336. The molecule has 0 aromatic carbocycles. The van der Waals surface area contributed by atoms with Crippen molar-refractivity contribution in [3.05, 3.63) is 22.8 Å². The van der Waals surface area contributed by atoms with E-state index in [1.54, 1.807) is 12.1 Å². The molecule has 2 aromatic rings. The van der Waals surface area contributed by atoms with Gasteiger partial charge in [0.2, 0.25) is 5.82 Å². The number of aromatic amines is 1. The van der Waals surface area contributed by atoms with Crippen LogP contribution < -0.4 is 0 Å². The van der Waals surface area contributed by atoms with E-state index in [-0.39, 0.29) is 0 Å². The predicted molar refractivity (Wildman–Crippen MR) is 66.9 cm³/mol. The zero-order valence-electron chi connectivity index (χ0n) is 9.97. The molecule has 0 radical (unpaired) electrons. The average molecular weight is 268 g/mol. The minimum Gasteiger partial charge on any atom is -0.388 e. The lowest BCUT2D eigenvalue weighted by molar-refractivity contribution is 0.164. The molecule has 7 heteroatoms. The zero-order valence-corrected chi connectivity index (χ0v) is 10.7. The van der Waals surface area contributed by atoms with Crippen LogP contribution >= 0.6 is 11.6 Å². The largest absolute Gasteiger partial charge is 0.388 e. The summed E-state index contributed by atoms with van der Waals surface area (Å²) in [4.78, 5) is 4.17. The van der Waals surface area contributed by atoms with E-state index < -0.39 is 6.10 Å². The molecule has 0 aliphatic carbocycles. The molecule has 2 N–H and O–H groups in total. The molecule has 0 spiro atoms. The van der Waals surface area contributed by atoms with Crippen molar-refractivity contribution in [2.45, 2.75) is 32.3 Å². The normalized spacial score (nSPS) is 12.6. The van der Waals surface area contributed by atoms with Gasteiger partial charge in [0.25, 0.3) is 0 Å². The van der Waals surface area contributed by atoms with Crippen molar-refractivity contribution in [2.24, 2.45) is 0 Å². The minimum atomic E-state index is -0.594. The highest BCUT2D eigenvalue weighted by atomic mass is 35.5. The number of aliphatic hydroxyl groups excluding tert-OH is 1. The van der Waals surface area contributed by atoms with Crippen LogP contribution in [0.1, 0.15) is 37.9 Å². The van der Waals surface area contributed by atoms with Crippen LogP contribution in [-0.4, -0.2) is 30.7 Å². The number of nitrogens with zero attached hydrogens (tertiary/aromatic N) is 4. The van der Waals surface area contributed by atoms with Gasteiger partial charge >= 0.3 is 0 Å². The molecule has 2 aromatic heterocycles. The molecule has 96 valence electrons. The predicted octanol–water partition coefficient (Wildman–Crippen LogP) is 2.14. The van der Waals surface area contributed by atoms with E-state index in [0.29, 0.717) is 28.7 Å². The smallest absolute Gasteiger partial charge is 0.223 e. The number of hydrogen-bond donors (Lipinski definition) is 2. The van der Waals surface area contributed by atoms with E-state index in [1.165, 1.54) is 0 Å². The second-order valence-electron chi connectivity index (χ2n) is 3.97. The van der Waals surface area contributed by atoms with E-state index in [4.69, 9.17) is 11.6 Å². The number of unbranched alkanes of at least 4 members (excludes halogenated alkanes) is 1. The van der Waals surface area contributed by atoms with Crippen molar-refractivity contribution >= 4 is 11.6 Å². The first-order valence-electron chi connectivity index (χ1n) is 5.80. The second-order valence-corrected chi connectivity index (χ2v) is 4.35. The molecule has 0 saturated heterocycles. The van der Waals surface area contributed by atoms with Gasteiger partial charge in [-0.25, -0.2) is 4.98 Å². The molecule has 1 unspecified atom stereocenters. The molecule has 0 fully saturated rings. The summed E-state index contributed by atoms with van der Waals surface area (Å²) in [5.41, 5.74) is 1.15. The van der Waals surface area contributed by atoms with Gasteiger partial charge < -0.3 is 5.11 Å². The number of hydrogen-bond acceptors (Lipinski definition) is 5. The van der Waals surface area contributed by atoms with Crippen LogP contribution in [0, 0.1) is 0 Å². The third kappa shape index (κ3) is 2.83. The van der Waals surface area contributed by atoms with Gasteiger partial charge in [0.1, 0.15) is 10.8 Å². The molecule has 0 aliphatic rings. The lowest BCUT2D eigenvalue weighted by Crippen LogP contribution is -2.03. The average Bonchev–Trinajstić information content (AvgIpc) is 2.89. The van der Waals surface area contributed by atoms with Gasteiger partial charge in [-0.15, -0.1) is 10.2 Å². The Hall–Kier alpha value is -1.53. The van der Waals surface area contributed by atoms with Crippen LogP contribution in [0.4, 0.5) is 0 Å². The molecular formula is C11H14ClN5O. The van der Waals surface area contributed by atoms with Gasteiger partial charge in [-0.3, -0.25) is 0 Å². The third-order valence-electron chi connectivity index (χ3n) is 2.64. The summed E-state index contributed by atoms with van der Waals surface area (Å²) in [6.45, 7) is 2.08. The van der Waals surface area contributed by atoms with Crippen molar-refractivity contribution in [3.63, 3.8) is 0 Å². The number of halogens is 1.